The molecular formula is C19H28O2. The van der Waals surface area contributed by atoms with Crippen LogP contribution in [0.2, 0.25) is 0 Å². The van der Waals surface area contributed by atoms with Crippen molar-refractivity contribution in [1.82, 2.24) is 0 Å². The molecular weight excluding hydrogens is 260 g/mol. The molecule has 0 bridgehead atoms. The quantitative estimate of drug-likeness (QED) is 0.862. The van der Waals surface area contributed by atoms with E-state index in [0.29, 0.717) is 0 Å². The standard InChI is InChI=1S/C19H28O2/c1-19(2)13-16-12-15(9-11-18(16)21-19)17(20)10-8-14-6-4-3-5-7-14/h9,11-12,14,17,20H,3-8,10,13H2,1-2H3. The maximum atomic E-state index is 10.5. The van der Waals surface area contributed by atoms with E-state index in [2.05, 4.69) is 19.9 Å². The first kappa shape index (κ1) is 14.9. The average Bonchev–Trinajstić information content (AvgIpc) is 2.78. The Balaban J connectivity index is 1.59. The SMILES string of the molecule is CC1(C)Cc2cc(C(O)CCC3CCCCC3)ccc2O1. The number of rotatable bonds is 4. The molecule has 1 unspecified atom stereocenters. The predicted octanol–water partition coefficient (Wildman–Crippen LogP) is 4.79. The van der Waals surface area contributed by atoms with Crippen LogP contribution in [-0.2, 0) is 6.42 Å². The highest BCUT2D eigenvalue weighted by Crippen LogP contribution is 2.37. The summed E-state index contributed by atoms with van der Waals surface area (Å²) in [5, 5.41) is 10.5. The van der Waals surface area contributed by atoms with E-state index in [1.54, 1.807) is 0 Å². The molecule has 0 spiro atoms. The third kappa shape index (κ3) is 3.60. The average molecular weight is 288 g/mol. The first-order valence-corrected chi connectivity index (χ1v) is 8.53. The van der Waals surface area contributed by atoms with Crippen LogP contribution in [0.1, 0.15) is 76.0 Å². The van der Waals surface area contributed by atoms with Crippen LogP contribution in [0.15, 0.2) is 18.2 Å². The first-order chi connectivity index (χ1) is 10.0. The third-order valence-corrected chi connectivity index (χ3v) is 5.04. The summed E-state index contributed by atoms with van der Waals surface area (Å²) in [4.78, 5) is 0. The zero-order valence-corrected chi connectivity index (χ0v) is 13.4. The molecule has 1 aliphatic carbocycles. The molecule has 2 nitrogen and oxygen atoms in total. The highest BCUT2D eigenvalue weighted by molar-refractivity contribution is 5.42. The Bertz CT molecular complexity index is 486. The van der Waals surface area contributed by atoms with Gasteiger partial charge >= 0.3 is 0 Å². The second-order valence-electron chi connectivity index (χ2n) is 7.50. The molecule has 1 fully saturated rings. The second kappa shape index (κ2) is 6.00. The largest absolute Gasteiger partial charge is 0.487 e. The number of hydrogen-bond acceptors (Lipinski definition) is 2. The number of hydrogen-bond donors (Lipinski definition) is 1. The van der Waals surface area contributed by atoms with Crippen LogP contribution in [0.3, 0.4) is 0 Å². The Morgan fingerprint density at radius 1 is 1.24 bits per heavy atom. The van der Waals surface area contributed by atoms with E-state index in [0.717, 1.165) is 30.1 Å². The van der Waals surface area contributed by atoms with Gasteiger partial charge in [0.15, 0.2) is 0 Å². The summed E-state index contributed by atoms with van der Waals surface area (Å²) in [5.41, 5.74) is 2.20. The van der Waals surface area contributed by atoms with Crippen molar-refractivity contribution < 1.29 is 9.84 Å². The third-order valence-electron chi connectivity index (χ3n) is 5.04. The van der Waals surface area contributed by atoms with Gasteiger partial charge in [0.05, 0.1) is 6.10 Å². The van der Waals surface area contributed by atoms with Crippen molar-refractivity contribution in [3.05, 3.63) is 29.3 Å². The van der Waals surface area contributed by atoms with Crippen molar-refractivity contribution in [2.75, 3.05) is 0 Å². The Kier molecular flexibility index (Phi) is 4.26. The molecule has 1 heterocycles. The van der Waals surface area contributed by atoms with Crippen LogP contribution in [-0.4, -0.2) is 10.7 Å². The van der Waals surface area contributed by atoms with Gasteiger partial charge in [-0.3, -0.25) is 0 Å². The maximum absolute atomic E-state index is 10.5. The van der Waals surface area contributed by atoms with Crippen molar-refractivity contribution in [2.45, 2.75) is 76.9 Å². The van der Waals surface area contributed by atoms with E-state index in [1.165, 1.54) is 44.1 Å². The molecule has 1 atom stereocenters. The fourth-order valence-corrected chi connectivity index (χ4v) is 3.87. The number of fused-ring (bicyclic) bond motifs is 1. The Morgan fingerprint density at radius 2 is 2.00 bits per heavy atom. The molecule has 0 aromatic heterocycles. The number of aliphatic hydroxyl groups is 1. The molecule has 2 aliphatic rings. The van der Waals surface area contributed by atoms with Crippen LogP contribution in [0.25, 0.3) is 0 Å². The zero-order valence-electron chi connectivity index (χ0n) is 13.4. The molecule has 116 valence electrons. The smallest absolute Gasteiger partial charge is 0.123 e. The normalized spacial score (nSPS) is 22.6. The van der Waals surface area contributed by atoms with Gasteiger partial charge in [0.1, 0.15) is 11.4 Å². The number of ether oxygens (including phenoxy) is 1. The van der Waals surface area contributed by atoms with Crippen LogP contribution in [0.4, 0.5) is 0 Å². The minimum absolute atomic E-state index is 0.103. The van der Waals surface area contributed by atoms with Crippen LogP contribution < -0.4 is 4.74 Å². The molecule has 1 aromatic carbocycles. The van der Waals surface area contributed by atoms with Gasteiger partial charge in [-0.25, -0.2) is 0 Å². The Hall–Kier alpha value is -1.02. The van der Waals surface area contributed by atoms with Crippen molar-refractivity contribution in [3.63, 3.8) is 0 Å². The summed E-state index contributed by atoms with van der Waals surface area (Å²) >= 11 is 0. The Labute approximate surface area is 128 Å². The van der Waals surface area contributed by atoms with Gasteiger partial charge in [-0.2, -0.15) is 0 Å². The monoisotopic (exact) mass is 288 g/mol. The summed E-state index contributed by atoms with van der Waals surface area (Å²) in [7, 11) is 0. The van der Waals surface area contributed by atoms with Gasteiger partial charge in [0.25, 0.3) is 0 Å². The van der Waals surface area contributed by atoms with E-state index in [-0.39, 0.29) is 11.7 Å². The fourth-order valence-electron chi connectivity index (χ4n) is 3.87. The molecule has 1 aliphatic heterocycles. The minimum atomic E-state index is -0.319. The lowest BCUT2D eigenvalue weighted by atomic mass is 9.85. The van der Waals surface area contributed by atoms with Gasteiger partial charge in [-0.1, -0.05) is 38.2 Å². The molecule has 1 saturated carbocycles. The minimum Gasteiger partial charge on any atom is -0.487 e. The first-order valence-electron chi connectivity index (χ1n) is 8.53. The summed E-state index contributed by atoms with van der Waals surface area (Å²) in [6.07, 6.45) is 9.57. The predicted molar refractivity (Wildman–Crippen MR) is 85.6 cm³/mol. The summed E-state index contributed by atoms with van der Waals surface area (Å²) in [5.74, 6) is 1.83. The lowest BCUT2D eigenvalue weighted by Gasteiger charge is -2.22. The van der Waals surface area contributed by atoms with Gasteiger partial charge in [0, 0.05) is 6.42 Å². The van der Waals surface area contributed by atoms with E-state index in [9.17, 15) is 5.11 Å². The van der Waals surface area contributed by atoms with Crippen LogP contribution >= 0.6 is 0 Å². The van der Waals surface area contributed by atoms with Crippen LogP contribution in [0.5, 0.6) is 5.75 Å². The molecule has 21 heavy (non-hydrogen) atoms. The van der Waals surface area contributed by atoms with E-state index in [1.807, 2.05) is 12.1 Å². The zero-order chi connectivity index (χ0) is 14.9. The highest BCUT2D eigenvalue weighted by Gasteiger charge is 2.30. The van der Waals surface area contributed by atoms with E-state index >= 15 is 0 Å². The molecule has 0 amide bonds. The van der Waals surface area contributed by atoms with Crippen LogP contribution in [0, 0.1) is 5.92 Å². The summed E-state index contributed by atoms with van der Waals surface area (Å²) < 4.78 is 5.90. The van der Waals surface area contributed by atoms with Gasteiger partial charge in [-0.05, 0) is 55.9 Å². The van der Waals surface area contributed by atoms with Crippen molar-refractivity contribution in [1.29, 1.82) is 0 Å². The fraction of sp³-hybridized carbons (Fsp3) is 0.684. The molecule has 1 N–H and O–H groups in total. The summed E-state index contributed by atoms with van der Waals surface area (Å²) in [6.45, 7) is 4.23. The van der Waals surface area contributed by atoms with Gasteiger partial charge < -0.3 is 9.84 Å². The molecule has 0 radical (unpaired) electrons. The number of benzene rings is 1. The Morgan fingerprint density at radius 3 is 2.76 bits per heavy atom. The molecule has 1 aromatic rings. The van der Waals surface area contributed by atoms with Gasteiger partial charge in [0.2, 0.25) is 0 Å². The topological polar surface area (TPSA) is 29.5 Å². The lowest BCUT2D eigenvalue weighted by Crippen LogP contribution is -2.24. The molecule has 0 saturated heterocycles. The lowest BCUT2D eigenvalue weighted by molar-refractivity contribution is 0.138. The summed E-state index contributed by atoms with van der Waals surface area (Å²) in [6, 6.07) is 6.21. The molecule has 2 heteroatoms. The molecule has 3 rings (SSSR count). The van der Waals surface area contributed by atoms with E-state index < -0.39 is 0 Å². The van der Waals surface area contributed by atoms with Crippen molar-refractivity contribution in [2.24, 2.45) is 5.92 Å². The maximum Gasteiger partial charge on any atom is 0.123 e. The number of aliphatic hydroxyl groups excluding tert-OH is 1. The van der Waals surface area contributed by atoms with Crippen molar-refractivity contribution >= 4 is 0 Å². The second-order valence-corrected chi connectivity index (χ2v) is 7.50. The van der Waals surface area contributed by atoms with Gasteiger partial charge in [-0.15, -0.1) is 0 Å². The van der Waals surface area contributed by atoms with E-state index in [4.69, 9.17) is 4.74 Å². The highest BCUT2D eigenvalue weighted by atomic mass is 16.5. The van der Waals surface area contributed by atoms with Crippen molar-refractivity contribution in [3.8, 4) is 5.75 Å².